The molecule has 0 unspecified atom stereocenters. The topological polar surface area (TPSA) is 299 Å². The largest absolute Gasteiger partial charge is 0.476 e. The molecule has 26 heteroatoms. The van der Waals surface area contributed by atoms with Gasteiger partial charge in [-0.05, 0) is 194 Å². The minimum Gasteiger partial charge on any atom is -0.476 e. The summed E-state index contributed by atoms with van der Waals surface area (Å²) < 4.78 is 102. The fraction of sp³-hybridized carbons (Fsp3) is 0.338. The third-order valence-electron chi connectivity index (χ3n) is 15.0. The Kier molecular flexibility index (Phi) is 28.1. The van der Waals surface area contributed by atoms with E-state index in [0.29, 0.717) is 29.4 Å². The lowest BCUT2D eigenvalue weighted by Crippen LogP contribution is -2.42. The average Bonchev–Trinajstić information content (AvgIpc) is 0.807. The van der Waals surface area contributed by atoms with Crippen molar-refractivity contribution in [3.63, 3.8) is 0 Å². The lowest BCUT2D eigenvalue weighted by Gasteiger charge is -2.24. The third kappa shape index (κ3) is 23.7. The van der Waals surface area contributed by atoms with Crippen LogP contribution in [0.3, 0.4) is 0 Å². The Morgan fingerprint density at radius 3 is 1.11 bits per heavy atom. The van der Waals surface area contributed by atoms with Crippen LogP contribution in [-0.2, 0) is 34.8 Å². The van der Waals surface area contributed by atoms with Gasteiger partial charge in [-0.3, -0.25) is 0 Å². The molecule has 0 saturated heterocycles. The molecule has 0 fully saturated rings. The Hall–Kier alpha value is -8.78. The molecular weight excluding hydrogens is 1370 g/mol. The molecule has 534 valence electrons. The van der Waals surface area contributed by atoms with Crippen LogP contribution in [0.5, 0.6) is 11.8 Å². The number of carbonyl (C=O) groups is 1. The second kappa shape index (κ2) is 35.0. The minimum atomic E-state index is -3.96. The molecule has 3 aromatic heterocycles. The molecule has 0 spiro atoms. The molecule has 0 radical (unpaired) electrons. The van der Waals surface area contributed by atoms with E-state index in [1.165, 1.54) is 18.2 Å². The molecule has 0 saturated carbocycles. The fourth-order valence-electron chi connectivity index (χ4n) is 10.7. The first-order valence-electron chi connectivity index (χ1n) is 32.3. The van der Waals surface area contributed by atoms with Crippen molar-refractivity contribution >= 4 is 78.0 Å². The van der Waals surface area contributed by atoms with Crippen molar-refractivity contribution in [3.8, 4) is 45.5 Å². The first-order chi connectivity index (χ1) is 46.4. The standard InChI is InChI=1S/C30H40N4O5S.C25H32N4O3S.C19H18ClN3O2S.ClH/c1-19(2)15-23(31-29(35)39-30(6,7)8)18-38-26-17-25(27-21(4)12-10-13-22(27)5)32-28(33-26)34-40(36,37)24-14-9-11-20(3)16-24;1-16(2)12-20(26)15-32-23-14-22(24-18(4)9-7-10-19(24)5)27-25(28-23)29-33(30,31)21-11-6-8-17(3)13-21;1-12-6-4-9-15(10-12)26(24,25)23-19-21-16(11-17(20)22-19)18-13(2)7-5-8-14(18)3;/h9-14,16-17,19,23H,15,18H2,1-8H3,(H,31,35)(H,32,33,34);6-11,13-14,16,20H,12,15,26H2,1-5H3,(H,27,28,29);4-11H,1-3H3,(H,21,22,23);1H/t23-;20-;;/m11../s1. The number of nitrogens with zero attached hydrogens (tertiary/aromatic N) is 6. The smallest absolute Gasteiger partial charge is 0.407 e. The summed E-state index contributed by atoms with van der Waals surface area (Å²) in [6.07, 6.45) is 0.912. The molecule has 9 aromatic rings. The molecule has 0 aliphatic rings. The van der Waals surface area contributed by atoms with Crippen LogP contribution in [0.4, 0.5) is 22.6 Å². The highest BCUT2D eigenvalue weighted by atomic mass is 35.5. The number of halogens is 2. The second-order valence-electron chi connectivity index (χ2n) is 26.3. The number of rotatable bonds is 23. The molecule has 6 aromatic carbocycles. The van der Waals surface area contributed by atoms with Crippen molar-refractivity contribution in [2.45, 2.75) is 156 Å². The summed E-state index contributed by atoms with van der Waals surface area (Å²) in [5.41, 5.74) is 18.4. The predicted octanol–water partition coefficient (Wildman–Crippen LogP) is 15.8. The van der Waals surface area contributed by atoms with Crippen molar-refractivity contribution in [2.24, 2.45) is 17.6 Å². The number of ether oxygens (including phenoxy) is 3. The quantitative estimate of drug-likeness (QED) is 0.0372. The second-order valence-corrected chi connectivity index (χ2v) is 31.7. The van der Waals surface area contributed by atoms with Gasteiger partial charge in [0.1, 0.15) is 24.0 Å². The molecule has 0 bridgehead atoms. The zero-order valence-corrected chi connectivity index (χ0v) is 63.4. The van der Waals surface area contributed by atoms with E-state index < -0.39 is 41.8 Å². The normalized spacial score (nSPS) is 12.2. The van der Waals surface area contributed by atoms with Gasteiger partial charge in [-0.25, -0.2) is 64.2 Å². The summed E-state index contributed by atoms with van der Waals surface area (Å²) in [7, 11) is -11.6. The van der Waals surface area contributed by atoms with E-state index in [1.54, 1.807) is 75.4 Å². The lowest BCUT2D eigenvalue weighted by atomic mass is 10.00. The number of hydrogen-bond acceptors (Lipinski definition) is 17. The van der Waals surface area contributed by atoms with E-state index >= 15 is 0 Å². The zero-order valence-electron chi connectivity index (χ0n) is 59.3. The van der Waals surface area contributed by atoms with Gasteiger partial charge in [-0.15, -0.1) is 12.4 Å². The molecule has 3 heterocycles. The van der Waals surface area contributed by atoms with Crippen molar-refractivity contribution in [2.75, 3.05) is 27.4 Å². The van der Waals surface area contributed by atoms with Crippen LogP contribution in [0.25, 0.3) is 33.8 Å². The summed E-state index contributed by atoms with van der Waals surface area (Å²) in [5.74, 6) is 0.933. The van der Waals surface area contributed by atoms with Crippen LogP contribution in [0.15, 0.2) is 160 Å². The number of carbonyl (C=O) groups excluding carboxylic acids is 1. The lowest BCUT2D eigenvalue weighted by molar-refractivity contribution is 0.0479. The van der Waals surface area contributed by atoms with E-state index in [1.807, 2.05) is 149 Å². The Morgan fingerprint density at radius 2 is 0.780 bits per heavy atom. The number of anilines is 3. The predicted molar refractivity (Wildman–Crippen MR) is 400 cm³/mol. The highest BCUT2D eigenvalue weighted by Crippen LogP contribution is 2.33. The molecule has 2 atom stereocenters. The van der Waals surface area contributed by atoms with Crippen LogP contribution in [0.2, 0.25) is 5.15 Å². The Balaban J connectivity index is 0.000000240. The first kappa shape index (κ1) is 80.2. The van der Waals surface area contributed by atoms with Gasteiger partial charge < -0.3 is 25.3 Å². The number of nitrogens with one attached hydrogen (secondary N) is 4. The maximum absolute atomic E-state index is 13.2. The van der Waals surface area contributed by atoms with Crippen molar-refractivity contribution < 1.29 is 44.3 Å². The van der Waals surface area contributed by atoms with Gasteiger partial charge in [-0.2, -0.15) is 9.97 Å². The van der Waals surface area contributed by atoms with Gasteiger partial charge in [0.05, 0.1) is 37.8 Å². The monoisotopic (exact) mass is 1460 g/mol. The molecule has 0 aliphatic heterocycles. The van der Waals surface area contributed by atoms with Crippen molar-refractivity contribution in [1.29, 1.82) is 0 Å². The maximum Gasteiger partial charge on any atom is 0.407 e. The van der Waals surface area contributed by atoms with Crippen LogP contribution in [0, 0.1) is 74.1 Å². The average molecular weight is 1460 g/mol. The Bertz CT molecular complexity index is 4630. The number of amides is 1. The van der Waals surface area contributed by atoms with Gasteiger partial charge in [0, 0.05) is 40.9 Å². The number of alkyl carbamates (subject to hydrolysis) is 1. The number of hydrogen-bond donors (Lipinski definition) is 5. The minimum absolute atomic E-state index is 0. The summed E-state index contributed by atoms with van der Waals surface area (Å²) in [5, 5.41) is 3.04. The van der Waals surface area contributed by atoms with Crippen LogP contribution < -0.4 is 34.7 Å². The van der Waals surface area contributed by atoms with Crippen LogP contribution >= 0.6 is 24.0 Å². The molecule has 1 amide bonds. The number of nitrogens with two attached hydrogens (primary N) is 1. The highest BCUT2D eigenvalue weighted by Gasteiger charge is 2.25. The molecular formula is C74H91Cl2N11O10S3. The van der Waals surface area contributed by atoms with Gasteiger partial charge in [-0.1, -0.05) is 130 Å². The van der Waals surface area contributed by atoms with E-state index in [2.05, 4.69) is 63.2 Å². The van der Waals surface area contributed by atoms with Crippen LogP contribution in [-0.4, -0.2) is 92.1 Å². The van der Waals surface area contributed by atoms with E-state index in [0.717, 1.165) is 73.2 Å². The number of sulfonamides is 3. The SMILES string of the molecule is Cc1cccc(S(=O)(=O)Nc2nc(Cl)cc(-c3c(C)cccc3C)n2)c1.Cc1cccc(S(=O)(=O)Nc2nc(OC[C@@H](CC(C)C)NC(=O)OC(C)(C)C)cc(-c3c(C)cccc3C)n2)c1.Cc1cccc(S(=O)(=O)Nc2nc(OC[C@H](N)CC(C)C)cc(-c3c(C)cccc3C)n2)c1.Cl. The molecule has 9 rings (SSSR count). The van der Waals surface area contributed by atoms with Crippen molar-refractivity contribution in [3.05, 3.63) is 201 Å². The summed E-state index contributed by atoms with van der Waals surface area (Å²) in [4.78, 5) is 39.0. The maximum atomic E-state index is 13.2. The van der Waals surface area contributed by atoms with Gasteiger partial charge in [0.25, 0.3) is 30.1 Å². The molecule has 0 aliphatic carbocycles. The van der Waals surface area contributed by atoms with Crippen molar-refractivity contribution in [1.82, 2.24) is 35.2 Å². The van der Waals surface area contributed by atoms with Crippen LogP contribution in [0.1, 0.15) is 111 Å². The summed E-state index contributed by atoms with van der Waals surface area (Å²) >= 11 is 6.12. The van der Waals surface area contributed by atoms with Gasteiger partial charge >= 0.3 is 6.09 Å². The van der Waals surface area contributed by atoms with E-state index in [9.17, 15) is 30.0 Å². The molecule has 100 heavy (non-hydrogen) atoms. The zero-order chi connectivity index (χ0) is 72.7. The summed E-state index contributed by atoms with van der Waals surface area (Å²) in [6, 6.07) is 42.1. The third-order valence-corrected chi connectivity index (χ3v) is 19.2. The highest BCUT2D eigenvalue weighted by molar-refractivity contribution is 7.93. The Labute approximate surface area is 600 Å². The molecule has 21 nitrogen and oxygen atoms in total. The van der Waals surface area contributed by atoms with Gasteiger partial charge in [0.15, 0.2) is 0 Å². The Morgan fingerprint density at radius 1 is 0.460 bits per heavy atom. The van der Waals surface area contributed by atoms with E-state index in [4.69, 9.17) is 31.5 Å². The summed E-state index contributed by atoms with van der Waals surface area (Å²) in [6.45, 7) is 31.4. The fourth-order valence-corrected chi connectivity index (χ4v) is 14.1. The first-order valence-corrected chi connectivity index (χ1v) is 37.1. The number of benzene rings is 6. The van der Waals surface area contributed by atoms with E-state index in [-0.39, 0.29) is 93.1 Å². The number of aromatic nitrogens is 6. The van der Waals surface area contributed by atoms with Gasteiger partial charge in [0.2, 0.25) is 29.6 Å². The number of aryl methyl sites for hydroxylation is 9. The molecule has 6 N–H and O–H groups in total.